The van der Waals surface area contributed by atoms with E-state index >= 15 is 0 Å². The summed E-state index contributed by atoms with van der Waals surface area (Å²) >= 11 is 5.97. The predicted octanol–water partition coefficient (Wildman–Crippen LogP) is 2.97. The minimum absolute atomic E-state index is 0.241. The molecule has 0 spiro atoms. The molecular formula is C19H21ClO6S. The van der Waals surface area contributed by atoms with Crippen LogP contribution in [0.1, 0.15) is 11.1 Å². The maximum absolute atomic E-state index is 11.3. The summed E-state index contributed by atoms with van der Waals surface area (Å²) in [6.45, 7) is 0.464. The first kappa shape index (κ1) is 21.1. The van der Waals surface area contributed by atoms with Crippen molar-refractivity contribution in [3.05, 3.63) is 59.7 Å². The summed E-state index contributed by atoms with van der Waals surface area (Å²) in [5.74, 6) is 0.419. The Morgan fingerprint density at radius 1 is 1.00 bits per heavy atom. The molecule has 0 amide bonds. The minimum Gasteiger partial charge on any atom is -0.493 e. The lowest BCUT2D eigenvalue weighted by Crippen LogP contribution is -2.18. The number of rotatable bonds is 9. The lowest BCUT2D eigenvalue weighted by molar-refractivity contribution is -0.140. The maximum atomic E-state index is 11.3. The monoisotopic (exact) mass is 412 g/mol. The molecule has 0 saturated heterocycles. The summed E-state index contributed by atoms with van der Waals surface area (Å²) in [5.41, 5.74) is 2.03. The Labute approximate surface area is 164 Å². The van der Waals surface area contributed by atoms with E-state index in [0.717, 1.165) is 17.4 Å². The molecule has 27 heavy (non-hydrogen) atoms. The molecular weight excluding hydrogens is 392 g/mol. The summed E-state index contributed by atoms with van der Waals surface area (Å²) in [6.07, 6.45) is 2.10. The van der Waals surface area contributed by atoms with Gasteiger partial charge in [-0.2, -0.15) is 8.42 Å². The molecule has 8 heteroatoms. The standard InChI is InChI=1S/C19H21ClO6S/c1-24-19(21)18(20)13-15-5-3-14(4-6-15)11-12-25-16-7-9-17(10-8-16)26-27(2,22)23/h3-10,18H,11-13H2,1-2H3. The van der Waals surface area contributed by atoms with E-state index in [9.17, 15) is 13.2 Å². The first-order valence-electron chi connectivity index (χ1n) is 8.19. The summed E-state index contributed by atoms with van der Waals surface area (Å²) in [7, 11) is -2.22. The third-order valence-corrected chi connectivity index (χ3v) is 4.45. The van der Waals surface area contributed by atoms with E-state index in [-0.39, 0.29) is 5.75 Å². The molecule has 6 nitrogen and oxygen atoms in total. The summed E-state index contributed by atoms with van der Waals surface area (Å²) < 4.78 is 37.2. The van der Waals surface area contributed by atoms with Crippen molar-refractivity contribution in [2.75, 3.05) is 20.0 Å². The van der Waals surface area contributed by atoms with Crippen LogP contribution in [-0.2, 0) is 32.5 Å². The van der Waals surface area contributed by atoms with Gasteiger partial charge in [-0.05, 0) is 41.8 Å². The molecule has 0 heterocycles. The number of halogens is 1. The predicted molar refractivity (Wildman–Crippen MR) is 103 cm³/mol. The number of carbonyl (C=O) groups excluding carboxylic acids is 1. The van der Waals surface area contributed by atoms with Crippen LogP contribution in [-0.4, -0.2) is 39.7 Å². The molecule has 2 aromatic rings. The van der Waals surface area contributed by atoms with E-state index in [0.29, 0.717) is 25.2 Å². The second kappa shape index (κ2) is 9.62. The SMILES string of the molecule is COC(=O)C(Cl)Cc1ccc(CCOc2ccc(OS(C)(=O)=O)cc2)cc1. The summed E-state index contributed by atoms with van der Waals surface area (Å²) in [5, 5.41) is -0.696. The van der Waals surface area contributed by atoms with E-state index in [1.54, 1.807) is 12.1 Å². The van der Waals surface area contributed by atoms with Gasteiger partial charge in [0.25, 0.3) is 0 Å². The van der Waals surface area contributed by atoms with Gasteiger partial charge in [0.1, 0.15) is 16.9 Å². The average Bonchev–Trinajstić information content (AvgIpc) is 2.62. The normalized spacial score (nSPS) is 12.3. The summed E-state index contributed by atoms with van der Waals surface area (Å²) in [4.78, 5) is 11.3. The van der Waals surface area contributed by atoms with Gasteiger partial charge in [0, 0.05) is 6.42 Å². The minimum atomic E-state index is -3.54. The highest BCUT2D eigenvalue weighted by Gasteiger charge is 2.15. The Balaban J connectivity index is 1.80. The molecule has 0 radical (unpaired) electrons. The molecule has 1 unspecified atom stereocenters. The lowest BCUT2D eigenvalue weighted by Gasteiger charge is -2.09. The maximum Gasteiger partial charge on any atom is 0.324 e. The van der Waals surface area contributed by atoms with Gasteiger partial charge >= 0.3 is 16.1 Å². The highest BCUT2D eigenvalue weighted by Crippen LogP contribution is 2.19. The number of alkyl halides is 1. The largest absolute Gasteiger partial charge is 0.493 e. The van der Waals surface area contributed by atoms with Crippen LogP contribution < -0.4 is 8.92 Å². The molecule has 0 saturated carbocycles. The Morgan fingerprint density at radius 3 is 2.11 bits per heavy atom. The Hall–Kier alpha value is -2.25. The van der Waals surface area contributed by atoms with Crippen molar-refractivity contribution in [1.82, 2.24) is 0 Å². The van der Waals surface area contributed by atoms with Gasteiger partial charge in [0.15, 0.2) is 0 Å². The number of carbonyl (C=O) groups is 1. The topological polar surface area (TPSA) is 78.9 Å². The van der Waals surface area contributed by atoms with E-state index in [4.69, 9.17) is 20.5 Å². The highest BCUT2D eigenvalue weighted by molar-refractivity contribution is 7.86. The number of methoxy groups -OCH3 is 1. The molecule has 0 aliphatic rings. The van der Waals surface area contributed by atoms with Gasteiger partial charge in [-0.15, -0.1) is 11.6 Å². The molecule has 0 aliphatic heterocycles. The van der Waals surface area contributed by atoms with Gasteiger partial charge in [-0.1, -0.05) is 24.3 Å². The van der Waals surface area contributed by atoms with Crippen LogP contribution in [0.25, 0.3) is 0 Å². The van der Waals surface area contributed by atoms with Crippen LogP contribution in [0, 0.1) is 0 Å². The quantitative estimate of drug-likeness (QED) is 0.358. The van der Waals surface area contributed by atoms with Crippen molar-refractivity contribution in [2.24, 2.45) is 0 Å². The molecule has 146 valence electrons. The number of hydrogen-bond donors (Lipinski definition) is 0. The molecule has 0 aromatic heterocycles. The molecule has 0 aliphatic carbocycles. The number of benzene rings is 2. The third kappa shape index (κ3) is 7.48. The van der Waals surface area contributed by atoms with Crippen molar-refractivity contribution in [3.8, 4) is 11.5 Å². The van der Waals surface area contributed by atoms with Gasteiger partial charge in [-0.25, -0.2) is 0 Å². The van der Waals surface area contributed by atoms with Gasteiger partial charge < -0.3 is 13.7 Å². The first-order chi connectivity index (χ1) is 12.8. The Morgan fingerprint density at radius 2 is 1.56 bits per heavy atom. The van der Waals surface area contributed by atoms with E-state index in [1.165, 1.54) is 19.2 Å². The van der Waals surface area contributed by atoms with E-state index in [2.05, 4.69) is 4.74 Å². The lowest BCUT2D eigenvalue weighted by atomic mass is 10.1. The molecule has 0 bridgehead atoms. The zero-order chi connectivity index (χ0) is 19.9. The molecule has 2 aromatic carbocycles. The summed E-state index contributed by atoms with van der Waals surface area (Å²) in [6, 6.07) is 14.1. The van der Waals surface area contributed by atoms with Gasteiger partial charge in [0.05, 0.1) is 20.0 Å². The fourth-order valence-corrected chi connectivity index (χ4v) is 3.04. The highest BCUT2D eigenvalue weighted by atomic mass is 35.5. The Bertz CT molecular complexity index is 847. The van der Waals surface area contributed by atoms with Crippen LogP contribution in [0.5, 0.6) is 11.5 Å². The van der Waals surface area contributed by atoms with Crippen molar-refractivity contribution in [1.29, 1.82) is 0 Å². The van der Waals surface area contributed by atoms with Crippen molar-refractivity contribution in [2.45, 2.75) is 18.2 Å². The number of hydrogen-bond acceptors (Lipinski definition) is 6. The van der Waals surface area contributed by atoms with Crippen LogP contribution >= 0.6 is 11.6 Å². The van der Waals surface area contributed by atoms with Crippen LogP contribution in [0.4, 0.5) is 0 Å². The molecule has 0 fully saturated rings. The van der Waals surface area contributed by atoms with Crippen LogP contribution in [0.3, 0.4) is 0 Å². The van der Waals surface area contributed by atoms with Crippen molar-refractivity contribution < 1.29 is 26.9 Å². The molecule has 1 atom stereocenters. The van der Waals surface area contributed by atoms with Gasteiger partial charge in [0.2, 0.25) is 0 Å². The van der Waals surface area contributed by atoms with Crippen LogP contribution in [0.15, 0.2) is 48.5 Å². The molecule has 0 N–H and O–H groups in total. The fraction of sp³-hybridized carbons (Fsp3) is 0.316. The van der Waals surface area contributed by atoms with Crippen molar-refractivity contribution in [3.63, 3.8) is 0 Å². The van der Waals surface area contributed by atoms with E-state index < -0.39 is 21.5 Å². The zero-order valence-corrected chi connectivity index (χ0v) is 16.6. The van der Waals surface area contributed by atoms with Gasteiger partial charge in [-0.3, -0.25) is 4.79 Å². The van der Waals surface area contributed by atoms with E-state index in [1.807, 2.05) is 24.3 Å². The first-order valence-corrected chi connectivity index (χ1v) is 10.4. The zero-order valence-electron chi connectivity index (χ0n) is 15.1. The Kier molecular flexibility index (Phi) is 7.50. The average molecular weight is 413 g/mol. The second-order valence-electron chi connectivity index (χ2n) is 5.87. The number of ether oxygens (including phenoxy) is 2. The smallest absolute Gasteiger partial charge is 0.324 e. The van der Waals surface area contributed by atoms with Crippen LogP contribution in [0.2, 0.25) is 0 Å². The number of esters is 1. The fourth-order valence-electron chi connectivity index (χ4n) is 2.31. The second-order valence-corrected chi connectivity index (χ2v) is 7.97. The molecule has 2 rings (SSSR count). The van der Waals surface area contributed by atoms with Crippen molar-refractivity contribution >= 4 is 27.7 Å². The third-order valence-electron chi connectivity index (χ3n) is 3.63.